The van der Waals surface area contributed by atoms with Crippen molar-refractivity contribution in [3.05, 3.63) is 38.8 Å². The van der Waals surface area contributed by atoms with Crippen LogP contribution in [0.3, 0.4) is 0 Å². The first kappa shape index (κ1) is 9.96. The minimum Gasteiger partial charge on any atom is -0.392 e. The topological polar surface area (TPSA) is 20.2 Å². The fourth-order valence-corrected chi connectivity index (χ4v) is 1.58. The molecule has 1 nitrogen and oxygen atoms in total. The normalized spacial score (nSPS) is 10.9. The number of hydrogen-bond acceptors (Lipinski definition) is 1. The molecular formula is C9H8Br2O. The summed E-state index contributed by atoms with van der Waals surface area (Å²) in [6, 6.07) is 5.90. The van der Waals surface area contributed by atoms with Crippen molar-refractivity contribution in [2.75, 3.05) is 6.61 Å². The quantitative estimate of drug-likeness (QED) is 0.887. The van der Waals surface area contributed by atoms with Crippen molar-refractivity contribution in [2.45, 2.75) is 0 Å². The van der Waals surface area contributed by atoms with Gasteiger partial charge in [0.25, 0.3) is 0 Å². The van der Waals surface area contributed by atoms with Gasteiger partial charge in [-0.2, -0.15) is 0 Å². The molecule has 0 aliphatic heterocycles. The predicted octanol–water partition coefficient (Wildman–Crippen LogP) is 3.22. The van der Waals surface area contributed by atoms with Gasteiger partial charge in [-0.1, -0.05) is 44.0 Å². The van der Waals surface area contributed by atoms with Crippen LogP contribution in [0.4, 0.5) is 0 Å². The van der Waals surface area contributed by atoms with Gasteiger partial charge in [0, 0.05) is 8.95 Å². The van der Waals surface area contributed by atoms with E-state index in [0.717, 1.165) is 14.5 Å². The maximum atomic E-state index is 8.57. The number of benzene rings is 1. The minimum atomic E-state index is 0.0684. The number of halogens is 2. The summed E-state index contributed by atoms with van der Waals surface area (Å²) in [5, 5.41) is 8.57. The van der Waals surface area contributed by atoms with Crippen LogP contribution < -0.4 is 0 Å². The molecule has 0 spiro atoms. The number of aliphatic hydroxyl groups is 1. The standard InChI is InChI=1S/C9H8Br2O/c10-8-3-4-9(11)7(6-8)2-1-5-12/h1-4,6,12H,5H2. The first-order chi connectivity index (χ1) is 5.74. The van der Waals surface area contributed by atoms with E-state index in [1.807, 2.05) is 24.3 Å². The highest BCUT2D eigenvalue weighted by atomic mass is 79.9. The van der Waals surface area contributed by atoms with E-state index in [1.165, 1.54) is 0 Å². The minimum absolute atomic E-state index is 0.0684. The molecule has 0 fully saturated rings. The summed E-state index contributed by atoms with van der Waals surface area (Å²) in [6.45, 7) is 0.0684. The van der Waals surface area contributed by atoms with E-state index in [-0.39, 0.29) is 6.61 Å². The Bertz CT molecular complexity index is 295. The highest BCUT2D eigenvalue weighted by Gasteiger charge is 1.95. The lowest BCUT2D eigenvalue weighted by molar-refractivity contribution is 0.343. The lowest BCUT2D eigenvalue weighted by Gasteiger charge is -1.98. The Morgan fingerprint density at radius 1 is 1.33 bits per heavy atom. The summed E-state index contributed by atoms with van der Waals surface area (Å²) in [6.07, 6.45) is 3.57. The lowest BCUT2D eigenvalue weighted by Crippen LogP contribution is -1.77. The third kappa shape index (κ3) is 2.73. The van der Waals surface area contributed by atoms with Gasteiger partial charge in [-0.05, 0) is 23.8 Å². The maximum absolute atomic E-state index is 8.57. The Balaban J connectivity index is 2.97. The Kier molecular flexibility index (Phi) is 3.98. The molecule has 0 aliphatic carbocycles. The van der Waals surface area contributed by atoms with E-state index in [4.69, 9.17) is 5.11 Å². The second-order valence-corrected chi connectivity index (χ2v) is 4.02. The predicted molar refractivity (Wildman–Crippen MR) is 58.0 cm³/mol. The SMILES string of the molecule is OCC=Cc1cc(Br)ccc1Br. The zero-order valence-corrected chi connectivity index (χ0v) is 9.47. The van der Waals surface area contributed by atoms with E-state index >= 15 is 0 Å². The molecule has 1 rings (SSSR count). The van der Waals surface area contributed by atoms with Crippen LogP contribution in [0.5, 0.6) is 0 Å². The average Bonchev–Trinajstić information content (AvgIpc) is 2.07. The zero-order chi connectivity index (χ0) is 8.97. The molecule has 0 atom stereocenters. The summed E-state index contributed by atoms with van der Waals surface area (Å²) in [5.74, 6) is 0. The van der Waals surface area contributed by atoms with Crippen LogP contribution in [0.15, 0.2) is 33.2 Å². The van der Waals surface area contributed by atoms with E-state index in [0.29, 0.717) is 0 Å². The second kappa shape index (κ2) is 4.80. The second-order valence-electron chi connectivity index (χ2n) is 2.25. The molecule has 0 aromatic heterocycles. The van der Waals surface area contributed by atoms with Crippen LogP contribution in [0.1, 0.15) is 5.56 Å². The molecule has 0 bridgehead atoms. The van der Waals surface area contributed by atoms with Crippen LogP contribution in [0.2, 0.25) is 0 Å². The molecule has 3 heteroatoms. The Labute approximate surface area is 88.4 Å². The molecule has 0 saturated heterocycles. The van der Waals surface area contributed by atoms with E-state index < -0.39 is 0 Å². The van der Waals surface area contributed by atoms with Crippen LogP contribution >= 0.6 is 31.9 Å². The van der Waals surface area contributed by atoms with Gasteiger partial charge in [-0.3, -0.25) is 0 Å². The zero-order valence-electron chi connectivity index (χ0n) is 6.30. The van der Waals surface area contributed by atoms with Gasteiger partial charge in [0.1, 0.15) is 0 Å². The van der Waals surface area contributed by atoms with Crippen molar-refractivity contribution in [2.24, 2.45) is 0 Å². The largest absolute Gasteiger partial charge is 0.392 e. The van der Waals surface area contributed by atoms with Crippen LogP contribution in [-0.4, -0.2) is 11.7 Å². The summed E-state index contributed by atoms with van der Waals surface area (Å²) >= 11 is 6.78. The maximum Gasteiger partial charge on any atom is 0.0615 e. The lowest BCUT2D eigenvalue weighted by atomic mass is 10.2. The smallest absolute Gasteiger partial charge is 0.0615 e. The molecule has 1 aromatic rings. The van der Waals surface area contributed by atoms with Crippen LogP contribution in [0.25, 0.3) is 6.08 Å². The van der Waals surface area contributed by atoms with Gasteiger partial charge >= 0.3 is 0 Å². The van der Waals surface area contributed by atoms with Gasteiger partial charge in [-0.25, -0.2) is 0 Å². The highest BCUT2D eigenvalue weighted by Crippen LogP contribution is 2.22. The van der Waals surface area contributed by atoms with Crippen molar-refractivity contribution in [3.8, 4) is 0 Å². The summed E-state index contributed by atoms with van der Waals surface area (Å²) in [4.78, 5) is 0. The average molecular weight is 292 g/mol. The fourth-order valence-electron chi connectivity index (χ4n) is 0.822. The van der Waals surface area contributed by atoms with Crippen molar-refractivity contribution < 1.29 is 5.11 Å². The first-order valence-electron chi connectivity index (χ1n) is 3.46. The first-order valence-corrected chi connectivity index (χ1v) is 5.05. The molecule has 0 heterocycles. The van der Waals surface area contributed by atoms with Crippen molar-refractivity contribution >= 4 is 37.9 Å². The van der Waals surface area contributed by atoms with E-state index in [9.17, 15) is 0 Å². The highest BCUT2D eigenvalue weighted by molar-refractivity contribution is 9.11. The van der Waals surface area contributed by atoms with Crippen molar-refractivity contribution in [1.29, 1.82) is 0 Å². The molecule has 0 unspecified atom stereocenters. The number of hydrogen-bond donors (Lipinski definition) is 1. The summed E-state index contributed by atoms with van der Waals surface area (Å²) < 4.78 is 2.05. The third-order valence-electron chi connectivity index (χ3n) is 1.36. The van der Waals surface area contributed by atoms with Crippen molar-refractivity contribution in [1.82, 2.24) is 0 Å². The summed E-state index contributed by atoms with van der Waals surface area (Å²) in [5.41, 5.74) is 1.05. The Hall–Kier alpha value is -0.120. The van der Waals surface area contributed by atoms with Gasteiger partial charge in [-0.15, -0.1) is 0 Å². The molecule has 1 aromatic carbocycles. The Morgan fingerprint density at radius 3 is 2.75 bits per heavy atom. The monoisotopic (exact) mass is 290 g/mol. The molecule has 0 saturated carbocycles. The fraction of sp³-hybridized carbons (Fsp3) is 0.111. The number of rotatable bonds is 2. The van der Waals surface area contributed by atoms with Gasteiger partial charge in [0.05, 0.1) is 6.61 Å². The Morgan fingerprint density at radius 2 is 2.08 bits per heavy atom. The van der Waals surface area contributed by atoms with Gasteiger partial charge in [0.2, 0.25) is 0 Å². The molecule has 1 N–H and O–H groups in total. The van der Waals surface area contributed by atoms with Crippen LogP contribution in [0, 0.1) is 0 Å². The van der Waals surface area contributed by atoms with Crippen LogP contribution in [-0.2, 0) is 0 Å². The molecule has 0 aliphatic rings. The number of aliphatic hydroxyl groups excluding tert-OH is 1. The third-order valence-corrected chi connectivity index (χ3v) is 2.58. The van der Waals surface area contributed by atoms with Gasteiger partial charge < -0.3 is 5.11 Å². The molecule has 0 radical (unpaired) electrons. The summed E-state index contributed by atoms with van der Waals surface area (Å²) in [7, 11) is 0. The van der Waals surface area contributed by atoms with E-state index in [2.05, 4.69) is 31.9 Å². The van der Waals surface area contributed by atoms with Crippen molar-refractivity contribution in [3.63, 3.8) is 0 Å². The molecular weight excluding hydrogens is 284 g/mol. The van der Waals surface area contributed by atoms with E-state index in [1.54, 1.807) is 6.08 Å². The van der Waals surface area contributed by atoms with Gasteiger partial charge in [0.15, 0.2) is 0 Å². The molecule has 0 amide bonds. The molecule has 12 heavy (non-hydrogen) atoms. The molecule has 64 valence electrons.